The molecule has 198 valence electrons. The largest absolute Gasteiger partial charge is 0.416 e. The van der Waals surface area contributed by atoms with Crippen molar-refractivity contribution in [2.24, 2.45) is 0 Å². The number of nitrogens with zero attached hydrogens (tertiary/aromatic N) is 3. The molecule has 1 aliphatic heterocycles. The van der Waals surface area contributed by atoms with Crippen LogP contribution < -0.4 is 5.32 Å². The molecule has 0 unspecified atom stereocenters. The zero-order valence-corrected chi connectivity index (χ0v) is 22.4. The number of aryl methyl sites for hydroxylation is 1. The number of amides is 1. The van der Waals surface area contributed by atoms with Crippen LogP contribution in [0.4, 0.5) is 24.0 Å². The fourth-order valence-electron chi connectivity index (χ4n) is 4.53. The van der Waals surface area contributed by atoms with Gasteiger partial charge in [0.25, 0.3) is 5.91 Å². The molecule has 0 spiro atoms. The molecular formula is C28H27F3N4OS2. The van der Waals surface area contributed by atoms with Crippen molar-refractivity contribution in [2.75, 3.05) is 29.9 Å². The summed E-state index contributed by atoms with van der Waals surface area (Å²) in [5, 5.41) is 5.35. The average molecular weight is 557 g/mol. The Morgan fingerprint density at radius 1 is 1.05 bits per heavy atom. The van der Waals surface area contributed by atoms with Crippen LogP contribution in [-0.2, 0) is 19.1 Å². The number of benzene rings is 2. The SMILES string of the molecule is Cc1c(C(=O)N2CCSCC2)cc(-c2csc(Nc3cccc(C(F)(F)F)c3)n2)n1CCc1ccccc1. The van der Waals surface area contributed by atoms with Crippen LogP contribution in [0, 0.1) is 6.92 Å². The van der Waals surface area contributed by atoms with Gasteiger partial charge in [0.2, 0.25) is 0 Å². The first-order valence-electron chi connectivity index (χ1n) is 12.3. The highest BCUT2D eigenvalue weighted by atomic mass is 32.2. The zero-order chi connectivity index (χ0) is 26.7. The molecule has 10 heteroatoms. The van der Waals surface area contributed by atoms with Crippen LogP contribution in [0.1, 0.15) is 27.2 Å². The third-order valence-electron chi connectivity index (χ3n) is 6.57. The summed E-state index contributed by atoms with van der Waals surface area (Å²) in [7, 11) is 0. The molecule has 5 nitrogen and oxygen atoms in total. The summed E-state index contributed by atoms with van der Waals surface area (Å²) in [5.41, 5.74) is 3.84. The van der Waals surface area contributed by atoms with E-state index in [0.717, 1.165) is 54.5 Å². The van der Waals surface area contributed by atoms with Gasteiger partial charge >= 0.3 is 6.18 Å². The van der Waals surface area contributed by atoms with Gasteiger partial charge in [-0.2, -0.15) is 24.9 Å². The summed E-state index contributed by atoms with van der Waals surface area (Å²) in [6, 6.07) is 17.1. The lowest BCUT2D eigenvalue weighted by atomic mass is 10.1. The lowest BCUT2D eigenvalue weighted by Crippen LogP contribution is -2.38. The Kier molecular flexibility index (Phi) is 7.80. The molecule has 1 N–H and O–H groups in total. The highest BCUT2D eigenvalue weighted by Crippen LogP contribution is 2.34. The maximum absolute atomic E-state index is 13.4. The Labute approximate surface area is 227 Å². The smallest absolute Gasteiger partial charge is 0.342 e. The second-order valence-corrected chi connectivity index (χ2v) is 11.1. The summed E-state index contributed by atoms with van der Waals surface area (Å²) in [6.07, 6.45) is -3.63. The van der Waals surface area contributed by atoms with E-state index in [1.54, 1.807) is 6.07 Å². The minimum Gasteiger partial charge on any atom is -0.342 e. The quantitative estimate of drug-likeness (QED) is 0.264. The topological polar surface area (TPSA) is 50.2 Å². The van der Waals surface area contributed by atoms with Gasteiger partial charge in [0.05, 0.1) is 22.5 Å². The van der Waals surface area contributed by atoms with E-state index in [9.17, 15) is 18.0 Å². The Bertz CT molecular complexity index is 1410. The van der Waals surface area contributed by atoms with E-state index >= 15 is 0 Å². The number of alkyl halides is 3. The van der Waals surface area contributed by atoms with Crippen molar-refractivity contribution in [3.05, 3.63) is 88.4 Å². The van der Waals surface area contributed by atoms with Crippen LogP contribution in [0.15, 0.2) is 66.0 Å². The summed E-state index contributed by atoms with van der Waals surface area (Å²) in [4.78, 5) is 20.0. The highest BCUT2D eigenvalue weighted by molar-refractivity contribution is 7.99. The first-order valence-corrected chi connectivity index (χ1v) is 14.3. The van der Waals surface area contributed by atoms with Crippen molar-refractivity contribution in [3.8, 4) is 11.4 Å². The highest BCUT2D eigenvalue weighted by Gasteiger charge is 2.30. The molecule has 2 aromatic carbocycles. The van der Waals surface area contributed by atoms with E-state index in [2.05, 4.69) is 27.0 Å². The number of hydrogen-bond donors (Lipinski definition) is 1. The predicted octanol–water partition coefficient (Wildman–Crippen LogP) is 7.11. The standard InChI is InChI=1S/C28H27F3N4OS2/c1-19-23(26(36)34-12-14-37-15-13-34)17-25(35(19)11-10-20-6-3-2-4-7-20)24-18-38-27(33-24)32-22-9-5-8-21(16-22)28(29,30)31/h2-9,16-18H,10-15H2,1H3,(H,32,33). The van der Waals surface area contributed by atoms with Crippen LogP contribution in [0.25, 0.3) is 11.4 Å². The number of nitrogens with one attached hydrogen (secondary N) is 1. The fraction of sp³-hybridized carbons (Fsp3) is 0.286. The Morgan fingerprint density at radius 3 is 2.55 bits per heavy atom. The van der Waals surface area contributed by atoms with Gasteiger partial charge in [0, 0.05) is 47.9 Å². The number of thioether (sulfide) groups is 1. The van der Waals surface area contributed by atoms with Crippen LogP contribution in [0.3, 0.4) is 0 Å². The van der Waals surface area contributed by atoms with Crippen molar-refractivity contribution in [3.63, 3.8) is 0 Å². The van der Waals surface area contributed by atoms with Gasteiger partial charge in [0.1, 0.15) is 0 Å². The molecule has 0 aliphatic carbocycles. The number of halogens is 3. The van der Waals surface area contributed by atoms with Crippen LogP contribution in [0.2, 0.25) is 0 Å². The molecule has 1 fully saturated rings. The molecule has 38 heavy (non-hydrogen) atoms. The number of thiazole rings is 1. The second kappa shape index (κ2) is 11.2. The zero-order valence-electron chi connectivity index (χ0n) is 20.8. The van der Waals surface area contributed by atoms with Gasteiger partial charge in [-0.15, -0.1) is 11.3 Å². The minimum absolute atomic E-state index is 0.0278. The first-order chi connectivity index (χ1) is 18.3. The van der Waals surface area contributed by atoms with Gasteiger partial charge in [-0.05, 0) is 43.2 Å². The van der Waals surface area contributed by atoms with Crippen molar-refractivity contribution in [1.29, 1.82) is 0 Å². The molecular weight excluding hydrogens is 529 g/mol. The Hall–Kier alpha value is -3.24. The van der Waals surface area contributed by atoms with Crippen molar-refractivity contribution in [2.45, 2.75) is 26.1 Å². The maximum Gasteiger partial charge on any atom is 0.416 e. The lowest BCUT2D eigenvalue weighted by molar-refractivity contribution is -0.137. The van der Waals surface area contributed by atoms with Gasteiger partial charge in [-0.25, -0.2) is 4.98 Å². The summed E-state index contributed by atoms with van der Waals surface area (Å²) in [6.45, 7) is 4.10. The monoisotopic (exact) mass is 556 g/mol. The normalized spacial score (nSPS) is 14.1. The van der Waals surface area contributed by atoms with E-state index in [0.29, 0.717) is 28.6 Å². The average Bonchev–Trinajstić information content (AvgIpc) is 3.51. The maximum atomic E-state index is 13.4. The Balaban J connectivity index is 1.44. The number of hydrogen-bond acceptors (Lipinski definition) is 5. The molecule has 0 saturated carbocycles. The number of rotatable bonds is 7. The van der Waals surface area contributed by atoms with E-state index in [1.165, 1.54) is 23.0 Å². The number of carbonyl (C=O) groups excluding carboxylic acids is 1. The van der Waals surface area contributed by atoms with E-state index < -0.39 is 11.7 Å². The second-order valence-electron chi connectivity index (χ2n) is 9.06. The minimum atomic E-state index is -4.42. The van der Waals surface area contributed by atoms with Crippen LogP contribution >= 0.6 is 23.1 Å². The lowest BCUT2D eigenvalue weighted by Gasteiger charge is -2.26. The first kappa shape index (κ1) is 26.4. The molecule has 2 aromatic heterocycles. The van der Waals surface area contributed by atoms with Crippen molar-refractivity contribution >= 4 is 39.8 Å². The van der Waals surface area contributed by atoms with E-state index in [-0.39, 0.29) is 5.91 Å². The van der Waals surface area contributed by atoms with Gasteiger partial charge < -0.3 is 14.8 Å². The summed E-state index contributed by atoms with van der Waals surface area (Å²) >= 11 is 3.17. The molecule has 3 heterocycles. The summed E-state index contributed by atoms with van der Waals surface area (Å²) in [5.74, 6) is 1.89. The molecule has 0 atom stereocenters. The Morgan fingerprint density at radius 2 is 1.82 bits per heavy atom. The predicted molar refractivity (Wildman–Crippen MR) is 148 cm³/mol. The van der Waals surface area contributed by atoms with E-state index in [1.807, 2.05) is 53.2 Å². The molecule has 1 amide bonds. The molecule has 0 bridgehead atoms. The number of aromatic nitrogens is 2. The fourth-order valence-corrected chi connectivity index (χ4v) is 6.16. The van der Waals surface area contributed by atoms with Crippen molar-refractivity contribution in [1.82, 2.24) is 14.5 Å². The number of carbonyl (C=O) groups is 1. The third kappa shape index (κ3) is 5.91. The summed E-state index contributed by atoms with van der Waals surface area (Å²) < 4.78 is 41.5. The molecule has 0 radical (unpaired) electrons. The van der Waals surface area contributed by atoms with Gasteiger partial charge in [-0.3, -0.25) is 4.79 Å². The third-order valence-corrected chi connectivity index (χ3v) is 8.27. The van der Waals surface area contributed by atoms with Crippen molar-refractivity contribution < 1.29 is 18.0 Å². The van der Waals surface area contributed by atoms with Crippen LogP contribution in [-0.4, -0.2) is 45.0 Å². The van der Waals surface area contributed by atoms with Crippen LogP contribution in [0.5, 0.6) is 0 Å². The van der Waals surface area contributed by atoms with Gasteiger partial charge in [0.15, 0.2) is 5.13 Å². The molecule has 5 rings (SSSR count). The number of anilines is 2. The molecule has 1 saturated heterocycles. The molecule has 1 aliphatic rings. The van der Waals surface area contributed by atoms with Gasteiger partial charge in [-0.1, -0.05) is 36.4 Å². The van der Waals surface area contributed by atoms with E-state index in [4.69, 9.17) is 0 Å². The molecule has 4 aromatic rings.